The average Bonchev–Trinajstić information content (AvgIpc) is 2.55. The van der Waals surface area contributed by atoms with Gasteiger partial charge in [0.1, 0.15) is 5.75 Å². The van der Waals surface area contributed by atoms with Gasteiger partial charge in [-0.3, -0.25) is 4.79 Å². The summed E-state index contributed by atoms with van der Waals surface area (Å²) >= 11 is 0. The molecule has 0 fully saturated rings. The molecule has 2 nitrogen and oxygen atoms in total. The van der Waals surface area contributed by atoms with E-state index in [1.807, 2.05) is 56.3 Å². The van der Waals surface area contributed by atoms with Crippen LogP contribution in [0, 0.1) is 13.8 Å². The summed E-state index contributed by atoms with van der Waals surface area (Å²) in [6.07, 6.45) is 3.57. The molecule has 0 heterocycles. The number of Topliss-reactive ketones (excluding diaryl/α,β-unsaturated/α-hetero) is 1. The van der Waals surface area contributed by atoms with E-state index in [4.69, 9.17) is 4.74 Å². The SMILES string of the molecule is CCCCCC(Oc1ccc(P)cc1)C(=O)c1c(C)cccc1C.[LiH]. The third-order valence-corrected chi connectivity index (χ3v) is 4.63. The van der Waals surface area contributed by atoms with Gasteiger partial charge in [-0.15, -0.1) is 9.24 Å². The van der Waals surface area contributed by atoms with Crippen molar-refractivity contribution in [2.24, 2.45) is 0 Å². The predicted octanol–water partition coefficient (Wildman–Crippen LogP) is 4.37. The van der Waals surface area contributed by atoms with E-state index < -0.39 is 6.10 Å². The van der Waals surface area contributed by atoms with E-state index in [1.54, 1.807) is 0 Å². The van der Waals surface area contributed by atoms with Gasteiger partial charge in [-0.05, 0) is 55.3 Å². The van der Waals surface area contributed by atoms with Gasteiger partial charge in [-0.25, -0.2) is 0 Å². The first-order chi connectivity index (χ1) is 11.5. The molecule has 0 saturated heterocycles. The number of rotatable bonds is 8. The van der Waals surface area contributed by atoms with Crippen LogP contribution in [0.5, 0.6) is 5.75 Å². The Labute approximate surface area is 166 Å². The second kappa shape index (κ2) is 10.8. The quantitative estimate of drug-likeness (QED) is 0.306. The fourth-order valence-corrected chi connectivity index (χ4v) is 3.09. The van der Waals surface area contributed by atoms with Gasteiger partial charge in [0.15, 0.2) is 6.10 Å². The van der Waals surface area contributed by atoms with Crippen molar-refractivity contribution in [1.29, 1.82) is 0 Å². The molecule has 0 radical (unpaired) electrons. The van der Waals surface area contributed by atoms with Crippen LogP contribution in [0.1, 0.15) is 54.1 Å². The minimum absolute atomic E-state index is 0. The molecule has 0 aliphatic rings. The van der Waals surface area contributed by atoms with Crippen LogP contribution in [0.4, 0.5) is 0 Å². The molecule has 25 heavy (non-hydrogen) atoms. The van der Waals surface area contributed by atoms with Crippen LogP contribution in [0.2, 0.25) is 0 Å². The van der Waals surface area contributed by atoms with E-state index in [0.29, 0.717) is 0 Å². The van der Waals surface area contributed by atoms with E-state index in [-0.39, 0.29) is 24.6 Å². The molecule has 2 aromatic rings. The number of carbonyl (C=O) groups excluding carboxylic acids is 1. The van der Waals surface area contributed by atoms with E-state index >= 15 is 0 Å². The molecule has 2 aromatic carbocycles. The van der Waals surface area contributed by atoms with E-state index in [2.05, 4.69) is 16.2 Å². The Balaban J connectivity index is 0.00000312. The molecule has 0 aliphatic heterocycles. The number of carbonyl (C=O) groups is 1. The number of aryl methyl sites for hydroxylation is 2. The molecule has 0 amide bonds. The first-order valence-corrected chi connectivity index (χ1v) is 9.23. The van der Waals surface area contributed by atoms with Crippen molar-refractivity contribution in [3.05, 3.63) is 59.2 Å². The zero-order valence-electron chi connectivity index (χ0n) is 14.8. The molecule has 2 rings (SSSR count). The first-order valence-electron chi connectivity index (χ1n) is 8.65. The van der Waals surface area contributed by atoms with Crippen LogP contribution < -0.4 is 10.0 Å². The number of unbranched alkanes of at least 4 members (excludes halogenated alkanes) is 2. The number of hydrogen-bond donors (Lipinski definition) is 0. The first kappa shape index (κ1) is 22.0. The maximum absolute atomic E-state index is 13.1. The van der Waals surface area contributed by atoms with E-state index in [0.717, 1.165) is 53.4 Å². The Bertz CT molecular complexity index is 663. The van der Waals surface area contributed by atoms with Gasteiger partial charge in [0.25, 0.3) is 0 Å². The topological polar surface area (TPSA) is 26.3 Å². The Hall–Kier alpha value is -1.06. The van der Waals surface area contributed by atoms with Gasteiger partial charge in [0.2, 0.25) is 5.78 Å². The summed E-state index contributed by atoms with van der Waals surface area (Å²) in [7, 11) is 2.66. The van der Waals surface area contributed by atoms with Crippen molar-refractivity contribution in [2.75, 3.05) is 0 Å². The summed E-state index contributed by atoms with van der Waals surface area (Å²) in [6.45, 7) is 6.15. The summed E-state index contributed by atoms with van der Waals surface area (Å²) in [5.41, 5.74) is 2.84. The van der Waals surface area contributed by atoms with Crippen molar-refractivity contribution < 1.29 is 9.53 Å². The predicted molar refractivity (Wildman–Crippen MR) is 112 cm³/mol. The Morgan fingerprint density at radius 2 is 1.64 bits per heavy atom. The fourth-order valence-electron chi connectivity index (χ4n) is 2.90. The number of ether oxygens (including phenoxy) is 1. The van der Waals surface area contributed by atoms with E-state index in [1.165, 1.54) is 0 Å². The Kier molecular flexibility index (Phi) is 9.51. The van der Waals surface area contributed by atoms with Gasteiger partial charge in [0.05, 0.1) is 0 Å². The van der Waals surface area contributed by atoms with Gasteiger partial charge in [-0.2, -0.15) is 0 Å². The summed E-state index contributed by atoms with van der Waals surface area (Å²) < 4.78 is 6.08. The molecular weight excluding hydrogens is 322 g/mol. The molecule has 130 valence electrons. The minimum atomic E-state index is -0.424. The standard InChI is InChI=1S/C21H27O2P.Li.H/c1-4-5-6-10-19(23-17-11-13-18(24)14-12-17)21(22)20-15(2)8-7-9-16(20)3;;/h7-9,11-14,19H,4-6,10,24H2,1-3H3;;. The zero-order valence-corrected chi connectivity index (χ0v) is 16.0. The van der Waals surface area contributed by atoms with Crippen LogP contribution in [0.25, 0.3) is 0 Å². The second-order valence-corrected chi connectivity index (χ2v) is 6.97. The van der Waals surface area contributed by atoms with Crippen LogP contribution >= 0.6 is 9.24 Å². The fraction of sp³-hybridized carbons (Fsp3) is 0.381. The van der Waals surface area contributed by atoms with Gasteiger partial charge in [0, 0.05) is 5.56 Å². The van der Waals surface area contributed by atoms with Crippen LogP contribution in [0.15, 0.2) is 42.5 Å². The normalized spacial score (nSPS) is 11.5. The molecular formula is C21H28LiO2P. The molecule has 2 atom stereocenters. The van der Waals surface area contributed by atoms with Crippen LogP contribution in [-0.4, -0.2) is 30.7 Å². The summed E-state index contributed by atoms with van der Waals surface area (Å²) in [6, 6.07) is 13.8. The Morgan fingerprint density at radius 1 is 1.04 bits per heavy atom. The summed E-state index contributed by atoms with van der Waals surface area (Å²) in [5.74, 6) is 0.846. The third-order valence-electron chi connectivity index (χ3n) is 4.25. The molecule has 0 saturated carbocycles. The van der Waals surface area contributed by atoms with Gasteiger partial charge >= 0.3 is 18.9 Å². The van der Waals surface area contributed by atoms with Crippen molar-refractivity contribution in [3.8, 4) is 5.75 Å². The second-order valence-electron chi connectivity index (χ2n) is 6.30. The van der Waals surface area contributed by atoms with Crippen LogP contribution in [0.3, 0.4) is 0 Å². The number of benzene rings is 2. The third kappa shape index (κ3) is 6.30. The summed E-state index contributed by atoms with van der Waals surface area (Å²) in [4.78, 5) is 13.1. The van der Waals surface area contributed by atoms with Crippen molar-refractivity contribution in [3.63, 3.8) is 0 Å². The molecule has 0 N–H and O–H groups in total. The molecule has 0 aromatic heterocycles. The summed E-state index contributed by atoms with van der Waals surface area (Å²) in [5, 5.41) is 1.10. The van der Waals surface area contributed by atoms with Gasteiger partial charge < -0.3 is 4.74 Å². The molecule has 4 heteroatoms. The molecule has 0 bridgehead atoms. The van der Waals surface area contributed by atoms with Crippen molar-refractivity contribution in [1.82, 2.24) is 0 Å². The van der Waals surface area contributed by atoms with Crippen molar-refractivity contribution in [2.45, 2.75) is 52.6 Å². The molecule has 0 spiro atoms. The average molecular weight is 350 g/mol. The maximum atomic E-state index is 13.1. The molecule has 0 aliphatic carbocycles. The van der Waals surface area contributed by atoms with Crippen molar-refractivity contribution >= 4 is 39.2 Å². The molecule has 2 unspecified atom stereocenters. The number of hydrogen-bond acceptors (Lipinski definition) is 2. The Morgan fingerprint density at radius 3 is 2.20 bits per heavy atom. The monoisotopic (exact) mass is 350 g/mol. The zero-order chi connectivity index (χ0) is 17.5. The van der Waals surface area contributed by atoms with Crippen LogP contribution in [-0.2, 0) is 0 Å². The van der Waals surface area contributed by atoms with E-state index in [9.17, 15) is 4.79 Å². The number of ketones is 1. The van der Waals surface area contributed by atoms with Gasteiger partial charge in [-0.1, -0.05) is 50.1 Å².